The molecule has 3 nitrogen and oxygen atoms in total. The smallest absolute Gasteiger partial charge is 0.171 e. The summed E-state index contributed by atoms with van der Waals surface area (Å²) in [7, 11) is 0. The summed E-state index contributed by atoms with van der Waals surface area (Å²) in [5, 5.41) is 7.63. The Morgan fingerprint density at radius 2 is 1.65 bits per heavy atom. The number of hydrogen-bond donors (Lipinski definition) is 2. The van der Waals surface area contributed by atoms with Gasteiger partial charge in [-0.15, -0.1) is 0 Å². The Balaban J connectivity index is 1.77. The first-order valence-corrected chi connectivity index (χ1v) is 8.56. The molecule has 4 heteroatoms. The lowest BCUT2D eigenvalue weighted by Gasteiger charge is -2.32. The van der Waals surface area contributed by atoms with E-state index in [1.165, 1.54) is 29.5 Å². The summed E-state index contributed by atoms with van der Waals surface area (Å²) in [6.07, 6.45) is 8.37. The molecule has 1 aliphatic rings. The van der Waals surface area contributed by atoms with Crippen LogP contribution in [0.5, 0.6) is 0 Å². The van der Waals surface area contributed by atoms with Crippen molar-refractivity contribution in [3.05, 3.63) is 59.4 Å². The largest absolute Gasteiger partial charge is 0.353 e. The topological polar surface area (TPSA) is 37.0 Å². The van der Waals surface area contributed by atoms with Crippen LogP contribution in [0.1, 0.15) is 42.4 Å². The number of hydrogen-bond acceptors (Lipinski definition) is 2. The molecule has 0 spiro atoms. The molecular formula is C19H23N3S. The van der Waals surface area contributed by atoms with Crippen molar-refractivity contribution in [1.29, 1.82) is 0 Å². The minimum atomic E-state index is -0.0636. The van der Waals surface area contributed by atoms with Gasteiger partial charge in [0, 0.05) is 18.1 Å². The summed E-state index contributed by atoms with van der Waals surface area (Å²) in [4.78, 5) is 4.14. The summed E-state index contributed by atoms with van der Waals surface area (Å²) in [6.45, 7) is 4.20. The van der Waals surface area contributed by atoms with Crippen molar-refractivity contribution in [1.82, 2.24) is 10.3 Å². The van der Waals surface area contributed by atoms with Gasteiger partial charge in [-0.1, -0.05) is 18.9 Å². The Bertz CT molecular complexity index is 671. The fourth-order valence-corrected chi connectivity index (χ4v) is 3.88. The summed E-state index contributed by atoms with van der Waals surface area (Å²) in [5.41, 5.74) is 4.73. The van der Waals surface area contributed by atoms with Crippen LogP contribution in [-0.2, 0) is 5.54 Å². The maximum Gasteiger partial charge on any atom is 0.171 e. The Morgan fingerprint density at radius 1 is 1.04 bits per heavy atom. The van der Waals surface area contributed by atoms with Gasteiger partial charge in [0.15, 0.2) is 5.11 Å². The molecule has 3 rings (SSSR count). The average molecular weight is 325 g/mol. The van der Waals surface area contributed by atoms with Crippen LogP contribution in [0.2, 0.25) is 0 Å². The number of pyridine rings is 1. The zero-order valence-corrected chi connectivity index (χ0v) is 14.5. The third-order valence-electron chi connectivity index (χ3n) is 4.52. The number of rotatable bonds is 3. The Hall–Kier alpha value is -1.94. The number of thiocarbonyl (C=S) groups is 1. The lowest BCUT2D eigenvalue weighted by Crippen LogP contribution is -2.45. The molecule has 0 saturated heterocycles. The summed E-state index contributed by atoms with van der Waals surface area (Å²) in [5.74, 6) is 0. The van der Waals surface area contributed by atoms with Crippen LogP contribution in [0.4, 0.5) is 5.69 Å². The zero-order valence-electron chi connectivity index (χ0n) is 13.7. The van der Waals surface area contributed by atoms with E-state index in [0.29, 0.717) is 5.11 Å². The molecule has 1 saturated carbocycles. The number of benzene rings is 1. The molecule has 1 aliphatic carbocycles. The fourth-order valence-electron chi connectivity index (χ4n) is 3.56. The van der Waals surface area contributed by atoms with Crippen molar-refractivity contribution in [2.75, 3.05) is 5.32 Å². The summed E-state index contributed by atoms with van der Waals surface area (Å²) in [6, 6.07) is 10.6. The van der Waals surface area contributed by atoms with Crippen LogP contribution in [0.25, 0.3) is 0 Å². The molecule has 23 heavy (non-hydrogen) atoms. The third-order valence-corrected chi connectivity index (χ3v) is 4.73. The average Bonchev–Trinajstić information content (AvgIpc) is 2.96. The van der Waals surface area contributed by atoms with Crippen molar-refractivity contribution in [3.63, 3.8) is 0 Å². The van der Waals surface area contributed by atoms with Crippen molar-refractivity contribution in [3.8, 4) is 0 Å². The molecule has 0 radical (unpaired) electrons. The normalized spacial score (nSPS) is 16.1. The van der Waals surface area contributed by atoms with Gasteiger partial charge in [0.1, 0.15) is 0 Å². The van der Waals surface area contributed by atoms with Gasteiger partial charge in [-0.2, -0.15) is 0 Å². The molecule has 1 heterocycles. The van der Waals surface area contributed by atoms with E-state index >= 15 is 0 Å². The third kappa shape index (κ3) is 3.70. The highest BCUT2D eigenvalue weighted by Crippen LogP contribution is 2.38. The molecule has 1 fully saturated rings. The van der Waals surface area contributed by atoms with E-state index in [4.69, 9.17) is 12.2 Å². The first-order valence-electron chi connectivity index (χ1n) is 8.15. The fraction of sp³-hybridized carbons (Fsp3) is 0.368. The molecule has 120 valence electrons. The Morgan fingerprint density at radius 3 is 2.26 bits per heavy atom. The van der Waals surface area contributed by atoms with Crippen molar-refractivity contribution in [2.45, 2.75) is 45.1 Å². The number of nitrogens with zero attached hydrogens (tertiary/aromatic N) is 1. The lowest BCUT2D eigenvalue weighted by atomic mass is 9.89. The van der Waals surface area contributed by atoms with Crippen LogP contribution < -0.4 is 10.6 Å². The Labute approximate surface area is 143 Å². The van der Waals surface area contributed by atoms with E-state index < -0.39 is 0 Å². The van der Waals surface area contributed by atoms with Crippen molar-refractivity contribution in [2.24, 2.45) is 0 Å². The predicted octanol–water partition coefficient (Wildman–Crippen LogP) is 4.45. The Kier molecular flexibility index (Phi) is 4.62. The quantitative estimate of drug-likeness (QED) is 0.817. The highest BCUT2D eigenvalue weighted by atomic mass is 32.1. The molecule has 2 aromatic rings. The van der Waals surface area contributed by atoms with Gasteiger partial charge in [0.25, 0.3) is 0 Å². The molecule has 1 aromatic heterocycles. The maximum absolute atomic E-state index is 5.59. The molecule has 0 aliphatic heterocycles. The van der Waals surface area contributed by atoms with E-state index in [0.717, 1.165) is 18.5 Å². The standard InChI is InChI=1S/C19H23N3S/c1-14-11-15(2)13-17(12-14)21-18(23)22-19(7-3-4-8-19)16-5-9-20-10-6-16/h5-6,9-13H,3-4,7-8H2,1-2H3,(H2,21,22,23). The number of anilines is 1. The minimum absolute atomic E-state index is 0.0636. The van der Waals surface area contributed by atoms with E-state index in [2.05, 4.69) is 59.8 Å². The second kappa shape index (κ2) is 6.67. The highest BCUT2D eigenvalue weighted by molar-refractivity contribution is 7.80. The van der Waals surface area contributed by atoms with Gasteiger partial charge >= 0.3 is 0 Å². The molecule has 0 atom stereocenters. The number of nitrogens with one attached hydrogen (secondary N) is 2. The molecule has 0 unspecified atom stereocenters. The van der Waals surface area contributed by atoms with Crippen molar-refractivity contribution >= 4 is 23.0 Å². The highest BCUT2D eigenvalue weighted by Gasteiger charge is 2.36. The molecule has 1 aromatic carbocycles. The van der Waals surface area contributed by atoms with Crippen LogP contribution >= 0.6 is 12.2 Å². The van der Waals surface area contributed by atoms with Gasteiger partial charge < -0.3 is 10.6 Å². The number of aromatic nitrogens is 1. The SMILES string of the molecule is Cc1cc(C)cc(NC(=S)NC2(c3ccncc3)CCCC2)c1. The molecule has 2 N–H and O–H groups in total. The van der Waals surface area contributed by atoms with Crippen molar-refractivity contribution < 1.29 is 0 Å². The van der Waals surface area contributed by atoms with Gasteiger partial charge in [-0.3, -0.25) is 4.98 Å². The van der Waals surface area contributed by atoms with E-state index in [1.54, 1.807) is 0 Å². The second-order valence-electron chi connectivity index (χ2n) is 6.48. The maximum atomic E-state index is 5.59. The van der Waals surface area contributed by atoms with E-state index in [-0.39, 0.29) is 5.54 Å². The van der Waals surface area contributed by atoms with Gasteiger partial charge in [-0.25, -0.2) is 0 Å². The number of aryl methyl sites for hydroxylation is 2. The molecular weight excluding hydrogens is 302 g/mol. The van der Waals surface area contributed by atoms with Crippen LogP contribution in [0.3, 0.4) is 0 Å². The van der Waals surface area contributed by atoms with E-state index in [1.807, 2.05) is 12.4 Å². The summed E-state index contributed by atoms with van der Waals surface area (Å²) < 4.78 is 0. The summed E-state index contributed by atoms with van der Waals surface area (Å²) >= 11 is 5.59. The first kappa shape index (κ1) is 15.9. The van der Waals surface area contributed by atoms with Crippen LogP contribution in [-0.4, -0.2) is 10.1 Å². The first-order chi connectivity index (χ1) is 11.1. The lowest BCUT2D eigenvalue weighted by molar-refractivity contribution is 0.408. The van der Waals surface area contributed by atoms with Crippen LogP contribution in [0, 0.1) is 13.8 Å². The molecule has 0 amide bonds. The monoisotopic (exact) mass is 325 g/mol. The van der Waals surface area contributed by atoms with Crippen LogP contribution in [0.15, 0.2) is 42.7 Å². The van der Waals surface area contributed by atoms with E-state index in [9.17, 15) is 0 Å². The second-order valence-corrected chi connectivity index (χ2v) is 6.89. The van der Waals surface area contributed by atoms with Gasteiger partial charge in [0.05, 0.1) is 5.54 Å². The zero-order chi connectivity index (χ0) is 16.3. The molecule has 0 bridgehead atoms. The van der Waals surface area contributed by atoms with Gasteiger partial charge in [0.2, 0.25) is 0 Å². The predicted molar refractivity (Wildman–Crippen MR) is 99.7 cm³/mol. The van der Waals surface area contributed by atoms with Gasteiger partial charge in [-0.05, 0) is 79.9 Å². The minimum Gasteiger partial charge on any atom is -0.353 e.